The van der Waals surface area contributed by atoms with Crippen LogP contribution in [0.4, 0.5) is 11.4 Å². The summed E-state index contributed by atoms with van der Waals surface area (Å²) in [7, 11) is 1.56. The summed E-state index contributed by atoms with van der Waals surface area (Å²) in [4.78, 5) is 26.6. The predicted molar refractivity (Wildman–Crippen MR) is 98.3 cm³/mol. The molecule has 5 nitrogen and oxygen atoms in total. The van der Waals surface area contributed by atoms with Gasteiger partial charge < -0.3 is 15.0 Å². The van der Waals surface area contributed by atoms with Gasteiger partial charge in [-0.05, 0) is 36.8 Å². The molecule has 0 bridgehead atoms. The van der Waals surface area contributed by atoms with Crippen LogP contribution in [0.1, 0.15) is 12.0 Å². The zero-order chi connectivity index (χ0) is 18.0. The first kappa shape index (κ1) is 17.3. The molecule has 25 heavy (non-hydrogen) atoms. The zero-order valence-corrected chi connectivity index (χ0v) is 14.8. The first-order valence-corrected chi connectivity index (χ1v) is 8.38. The van der Waals surface area contributed by atoms with Crippen molar-refractivity contribution in [1.82, 2.24) is 0 Å². The van der Waals surface area contributed by atoms with Gasteiger partial charge in [0.25, 0.3) is 0 Å². The van der Waals surface area contributed by atoms with Gasteiger partial charge in [0, 0.05) is 23.7 Å². The van der Waals surface area contributed by atoms with Crippen LogP contribution < -0.4 is 15.0 Å². The van der Waals surface area contributed by atoms with E-state index < -0.39 is 5.92 Å². The number of carbonyl (C=O) groups excluding carboxylic acids is 2. The van der Waals surface area contributed by atoms with Crippen LogP contribution in [-0.2, 0) is 9.59 Å². The predicted octanol–water partition coefficient (Wildman–Crippen LogP) is 3.65. The number of rotatable bonds is 4. The Hall–Kier alpha value is -2.53. The highest BCUT2D eigenvalue weighted by Crippen LogP contribution is 2.33. The van der Waals surface area contributed by atoms with E-state index in [1.165, 1.54) is 0 Å². The number of anilines is 2. The van der Waals surface area contributed by atoms with Gasteiger partial charge in [-0.15, -0.1) is 0 Å². The minimum atomic E-state index is -0.421. The van der Waals surface area contributed by atoms with Crippen LogP contribution >= 0.6 is 11.6 Å². The Balaban J connectivity index is 1.76. The molecule has 0 saturated carbocycles. The van der Waals surface area contributed by atoms with Gasteiger partial charge in [0.05, 0.1) is 18.7 Å². The summed E-state index contributed by atoms with van der Waals surface area (Å²) >= 11 is 5.99. The second kappa shape index (κ2) is 7.15. The third kappa shape index (κ3) is 3.61. The van der Waals surface area contributed by atoms with Crippen molar-refractivity contribution in [2.24, 2.45) is 5.92 Å². The number of ether oxygens (including phenoxy) is 1. The largest absolute Gasteiger partial charge is 0.495 e. The minimum absolute atomic E-state index is 0.0903. The van der Waals surface area contributed by atoms with Gasteiger partial charge in [-0.1, -0.05) is 29.8 Å². The highest BCUT2D eigenvalue weighted by atomic mass is 35.5. The summed E-state index contributed by atoms with van der Waals surface area (Å²) in [6.07, 6.45) is 0.170. The Labute approximate surface area is 151 Å². The quantitative estimate of drug-likeness (QED) is 0.907. The van der Waals surface area contributed by atoms with Crippen molar-refractivity contribution in [2.75, 3.05) is 23.9 Å². The number of methoxy groups -OCH3 is 1. The molecule has 3 rings (SSSR count). The third-order valence-corrected chi connectivity index (χ3v) is 4.56. The number of nitrogens with one attached hydrogen (secondary N) is 1. The number of carbonyl (C=O) groups is 2. The van der Waals surface area contributed by atoms with E-state index in [9.17, 15) is 9.59 Å². The summed E-state index contributed by atoms with van der Waals surface area (Å²) < 4.78 is 5.32. The first-order valence-electron chi connectivity index (χ1n) is 8.00. The van der Waals surface area contributed by atoms with E-state index in [-0.39, 0.29) is 18.2 Å². The molecule has 0 aliphatic carbocycles. The van der Waals surface area contributed by atoms with E-state index in [4.69, 9.17) is 16.3 Å². The third-order valence-electron chi connectivity index (χ3n) is 4.33. The van der Waals surface area contributed by atoms with Gasteiger partial charge in [0.1, 0.15) is 5.75 Å². The van der Waals surface area contributed by atoms with Crippen molar-refractivity contribution in [2.45, 2.75) is 13.3 Å². The molecule has 0 unspecified atom stereocenters. The van der Waals surface area contributed by atoms with Crippen molar-refractivity contribution < 1.29 is 14.3 Å². The molecule has 2 aromatic rings. The van der Waals surface area contributed by atoms with E-state index in [0.717, 1.165) is 5.56 Å². The van der Waals surface area contributed by atoms with Crippen molar-refractivity contribution in [1.29, 1.82) is 0 Å². The van der Waals surface area contributed by atoms with Gasteiger partial charge in [-0.2, -0.15) is 0 Å². The van der Waals surface area contributed by atoms with Crippen LogP contribution in [-0.4, -0.2) is 25.5 Å². The molecule has 1 atom stereocenters. The monoisotopic (exact) mass is 358 g/mol. The summed E-state index contributed by atoms with van der Waals surface area (Å²) in [6.45, 7) is 2.22. The number of benzene rings is 2. The van der Waals surface area contributed by atoms with Crippen LogP contribution in [0, 0.1) is 12.8 Å². The second-order valence-electron chi connectivity index (χ2n) is 6.03. The maximum Gasteiger partial charge on any atom is 0.229 e. The van der Waals surface area contributed by atoms with Gasteiger partial charge in [-0.3, -0.25) is 9.59 Å². The van der Waals surface area contributed by atoms with Crippen LogP contribution in [0.25, 0.3) is 0 Å². The maximum absolute atomic E-state index is 12.6. The Morgan fingerprint density at radius 1 is 1.28 bits per heavy atom. The number of aryl methyl sites for hydroxylation is 1. The second-order valence-corrected chi connectivity index (χ2v) is 6.46. The molecule has 1 aliphatic rings. The number of para-hydroxylation sites is 2. The van der Waals surface area contributed by atoms with E-state index in [0.29, 0.717) is 28.7 Å². The summed E-state index contributed by atoms with van der Waals surface area (Å²) in [5.74, 6) is -0.0815. The normalized spacial score (nSPS) is 16.8. The number of hydrogen-bond donors (Lipinski definition) is 1. The van der Waals surface area contributed by atoms with E-state index in [1.54, 1.807) is 30.2 Å². The Morgan fingerprint density at radius 2 is 2.04 bits per heavy atom. The van der Waals surface area contributed by atoms with Crippen LogP contribution in [0.2, 0.25) is 5.02 Å². The summed E-state index contributed by atoms with van der Waals surface area (Å²) in [6, 6.07) is 12.6. The molecule has 0 radical (unpaired) electrons. The fourth-order valence-electron chi connectivity index (χ4n) is 2.93. The Kier molecular flexibility index (Phi) is 4.95. The highest BCUT2D eigenvalue weighted by molar-refractivity contribution is 6.31. The van der Waals surface area contributed by atoms with E-state index in [2.05, 4.69) is 5.32 Å². The van der Waals surface area contributed by atoms with Crippen molar-refractivity contribution in [3.05, 3.63) is 53.1 Å². The lowest BCUT2D eigenvalue weighted by atomic mass is 10.1. The molecule has 1 heterocycles. The van der Waals surface area contributed by atoms with Crippen molar-refractivity contribution >= 4 is 34.8 Å². The standard InChI is InChI=1S/C19H19ClN2O3/c1-12-7-8-14(20)10-15(12)21-19(24)13-9-18(23)22(11-13)16-5-3-4-6-17(16)25-2/h3-8,10,13H,9,11H2,1-2H3,(H,21,24)/t13-/m0/s1. The summed E-state index contributed by atoms with van der Waals surface area (Å²) in [5.41, 5.74) is 2.27. The fraction of sp³-hybridized carbons (Fsp3) is 0.263. The van der Waals surface area contributed by atoms with Gasteiger partial charge >= 0.3 is 0 Å². The number of hydrogen-bond acceptors (Lipinski definition) is 3. The van der Waals surface area contributed by atoms with Crippen LogP contribution in [0.3, 0.4) is 0 Å². The molecule has 1 saturated heterocycles. The smallest absolute Gasteiger partial charge is 0.229 e. The maximum atomic E-state index is 12.6. The molecule has 130 valence electrons. The number of nitrogens with zero attached hydrogens (tertiary/aromatic N) is 1. The number of amides is 2. The minimum Gasteiger partial charge on any atom is -0.495 e. The fourth-order valence-corrected chi connectivity index (χ4v) is 3.10. The zero-order valence-electron chi connectivity index (χ0n) is 14.1. The Morgan fingerprint density at radius 3 is 2.80 bits per heavy atom. The van der Waals surface area contributed by atoms with Gasteiger partial charge in [0.15, 0.2) is 0 Å². The van der Waals surface area contributed by atoms with Crippen molar-refractivity contribution in [3.63, 3.8) is 0 Å². The van der Waals surface area contributed by atoms with E-state index in [1.807, 2.05) is 31.2 Å². The number of halogens is 1. The van der Waals surface area contributed by atoms with Gasteiger partial charge in [0.2, 0.25) is 11.8 Å². The average molecular weight is 359 g/mol. The molecular weight excluding hydrogens is 340 g/mol. The average Bonchev–Trinajstić information content (AvgIpc) is 3.00. The molecule has 0 spiro atoms. The molecule has 2 amide bonds. The molecule has 1 N–H and O–H groups in total. The molecule has 0 aromatic heterocycles. The van der Waals surface area contributed by atoms with Gasteiger partial charge in [-0.25, -0.2) is 0 Å². The molecule has 2 aromatic carbocycles. The molecular formula is C19H19ClN2O3. The topological polar surface area (TPSA) is 58.6 Å². The molecule has 6 heteroatoms. The molecule has 1 fully saturated rings. The SMILES string of the molecule is COc1ccccc1N1C[C@@H](C(=O)Nc2cc(Cl)ccc2C)CC1=O. The first-order chi connectivity index (χ1) is 12.0. The van der Waals surface area contributed by atoms with Crippen molar-refractivity contribution in [3.8, 4) is 5.75 Å². The lowest BCUT2D eigenvalue weighted by molar-refractivity contribution is -0.122. The van der Waals surface area contributed by atoms with E-state index >= 15 is 0 Å². The summed E-state index contributed by atoms with van der Waals surface area (Å²) in [5, 5.41) is 3.44. The van der Waals surface area contributed by atoms with Crippen LogP contribution in [0.5, 0.6) is 5.75 Å². The lowest BCUT2D eigenvalue weighted by Gasteiger charge is -2.19. The van der Waals surface area contributed by atoms with Crippen LogP contribution in [0.15, 0.2) is 42.5 Å². The highest BCUT2D eigenvalue weighted by Gasteiger charge is 2.36. The lowest BCUT2D eigenvalue weighted by Crippen LogP contribution is -2.28. The Bertz CT molecular complexity index is 822. The molecule has 1 aliphatic heterocycles.